The lowest BCUT2D eigenvalue weighted by Gasteiger charge is -2.25. The minimum atomic E-state index is -0.0906. The van der Waals surface area contributed by atoms with Gasteiger partial charge in [-0.15, -0.1) is 0 Å². The summed E-state index contributed by atoms with van der Waals surface area (Å²) in [4.78, 5) is 12.0. The van der Waals surface area contributed by atoms with E-state index in [4.69, 9.17) is 0 Å². The Balaban J connectivity index is 2.33. The molecule has 2 atom stereocenters. The highest BCUT2D eigenvalue weighted by Crippen LogP contribution is 2.11. The molecule has 0 aromatic carbocycles. The van der Waals surface area contributed by atoms with Crippen molar-refractivity contribution >= 4 is 5.91 Å². The van der Waals surface area contributed by atoms with Crippen molar-refractivity contribution in [2.24, 2.45) is 0 Å². The van der Waals surface area contributed by atoms with Crippen molar-refractivity contribution < 1.29 is 4.79 Å². The minimum absolute atomic E-state index is 0.0906. The number of allylic oxidation sites excluding steroid dienone is 1. The van der Waals surface area contributed by atoms with E-state index >= 15 is 0 Å². The SMILES string of the molecule is CCC(CC)NC(=O)C(C)NC1CC=CCC1. The van der Waals surface area contributed by atoms with Crippen molar-refractivity contribution in [3.8, 4) is 0 Å². The molecule has 0 saturated carbocycles. The number of rotatable bonds is 6. The monoisotopic (exact) mass is 238 g/mol. The second kappa shape index (κ2) is 7.49. The topological polar surface area (TPSA) is 41.1 Å². The van der Waals surface area contributed by atoms with Gasteiger partial charge in [-0.05, 0) is 39.0 Å². The summed E-state index contributed by atoms with van der Waals surface area (Å²) < 4.78 is 0. The van der Waals surface area contributed by atoms with Crippen molar-refractivity contribution in [1.29, 1.82) is 0 Å². The van der Waals surface area contributed by atoms with Gasteiger partial charge in [-0.25, -0.2) is 0 Å². The summed E-state index contributed by atoms with van der Waals surface area (Å²) in [7, 11) is 0. The molecule has 2 N–H and O–H groups in total. The van der Waals surface area contributed by atoms with Crippen LogP contribution in [0.5, 0.6) is 0 Å². The fourth-order valence-electron chi connectivity index (χ4n) is 2.19. The highest BCUT2D eigenvalue weighted by atomic mass is 16.2. The first-order valence-corrected chi connectivity index (χ1v) is 6.88. The van der Waals surface area contributed by atoms with Gasteiger partial charge in [-0.2, -0.15) is 0 Å². The van der Waals surface area contributed by atoms with E-state index in [-0.39, 0.29) is 11.9 Å². The molecule has 0 spiro atoms. The zero-order valence-electron chi connectivity index (χ0n) is 11.3. The van der Waals surface area contributed by atoms with E-state index in [0.717, 1.165) is 32.1 Å². The normalized spacial score (nSPS) is 21.5. The number of carbonyl (C=O) groups excluding carboxylic acids is 1. The summed E-state index contributed by atoms with van der Waals surface area (Å²) in [5.41, 5.74) is 0. The van der Waals surface area contributed by atoms with Crippen LogP contribution >= 0.6 is 0 Å². The number of hydrogen-bond acceptors (Lipinski definition) is 2. The molecule has 0 saturated heterocycles. The molecule has 1 aliphatic rings. The Morgan fingerprint density at radius 1 is 1.35 bits per heavy atom. The van der Waals surface area contributed by atoms with Gasteiger partial charge in [-0.1, -0.05) is 26.0 Å². The molecular formula is C14H26N2O. The van der Waals surface area contributed by atoms with Crippen molar-refractivity contribution in [3.63, 3.8) is 0 Å². The highest BCUT2D eigenvalue weighted by Gasteiger charge is 2.19. The third-order valence-electron chi connectivity index (χ3n) is 3.48. The van der Waals surface area contributed by atoms with Crippen molar-refractivity contribution in [1.82, 2.24) is 10.6 Å². The molecule has 0 fully saturated rings. The molecule has 3 nitrogen and oxygen atoms in total. The summed E-state index contributed by atoms with van der Waals surface area (Å²) in [5.74, 6) is 0.133. The van der Waals surface area contributed by atoms with Crippen LogP contribution in [0.1, 0.15) is 52.9 Å². The van der Waals surface area contributed by atoms with Gasteiger partial charge in [0.2, 0.25) is 5.91 Å². The molecule has 0 radical (unpaired) electrons. The van der Waals surface area contributed by atoms with Gasteiger partial charge in [0, 0.05) is 12.1 Å². The zero-order valence-corrected chi connectivity index (χ0v) is 11.3. The van der Waals surface area contributed by atoms with Gasteiger partial charge in [0.15, 0.2) is 0 Å². The Labute approximate surface area is 105 Å². The first-order valence-electron chi connectivity index (χ1n) is 6.88. The molecule has 0 aromatic heterocycles. The number of hydrogen-bond donors (Lipinski definition) is 2. The van der Waals surface area contributed by atoms with Crippen LogP contribution in [0.2, 0.25) is 0 Å². The predicted octanol–water partition coefficient (Wildman–Crippen LogP) is 2.38. The van der Waals surface area contributed by atoms with Crippen LogP contribution in [0.15, 0.2) is 12.2 Å². The van der Waals surface area contributed by atoms with E-state index < -0.39 is 0 Å². The summed E-state index contributed by atoms with van der Waals surface area (Å²) >= 11 is 0. The molecule has 1 aliphatic carbocycles. The second-order valence-electron chi connectivity index (χ2n) is 4.89. The van der Waals surface area contributed by atoms with E-state index in [9.17, 15) is 4.79 Å². The Hall–Kier alpha value is -0.830. The average molecular weight is 238 g/mol. The molecular weight excluding hydrogens is 212 g/mol. The van der Waals surface area contributed by atoms with Crippen molar-refractivity contribution in [2.75, 3.05) is 0 Å². The number of amides is 1. The van der Waals surface area contributed by atoms with E-state index in [1.807, 2.05) is 6.92 Å². The fraction of sp³-hybridized carbons (Fsp3) is 0.786. The van der Waals surface area contributed by atoms with Crippen LogP contribution in [0.25, 0.3) is 0 Å². The van der Waals surface area contributed by atoms with Crippen LogP contribution in [-0.4, -0.2) is 24.0 Å². The smallest absolute Gasteiger partial charge is 0.237 e. The molecule has 17 heavy (non-hydrogen) atoms. The van der Waals surface area contributed by atoms with Gasteiger partial charge in [0.05, 0.1) is 6.04 Å². The van der Waals surface area contributed by atoms with E-state index in [0.29, 0.717) is 12.1 Å². The van der Waals surface area contributed by atoms with Crippen molar-refractivity contribution in [2.45, 2.75) is 71.0 Å². The van der Waals surface area contributed by atoms with Gasteiger partial charge >= 0.3 is 0 Å². The fourth-order valence-corrected chi connectivity index (χ4v) is 2.19. The van der Waals surface area contributed by atoms with Gasteiger partial charge in [0.1, 0.15) is 0 Å². The van der Waals surface area contributed by atoms with Gasteiger partial charge < -0.3 is 10.6 Å². The first-order chi connectivity index (χ1) is 8.17. The quantitative estimate of drug-likeness (QED) is 0.698. The Morgan fingerprint density at radius 3 is 2.59 bits per heavy atom. The largest absolute Gasteiger partial charge is 0.352 e. The Morgan fingerprint density at radius 2 is 2.06 bits per heavy atom. The third kappa shape index (κ3) is 4.90. The molecule has 1 amide bonds. The maximum atomic E-state index is 12.0. The molecule has 0 aromatic rings. The summed E-state index contributed by atoms with van der Waals surface area (Å²) in [6.45, 7) is 6.17. The maximum absolute atomic E-state index is 12.0. The van der Waals surface area contributed by atoms with Crippen LogP contribution in [0, 0.1) is 0 Å². The maximum Gasteiger partial charge on any atom is 0.237 e. The molecule has 1 rings (SSSR count). The molecule has 0 bridgehead atoms. The van der Waals surface area contributed by atoms with Crippen LogP contribution < -0.4 is 10.6 Å². The van der Waals surface area contributed by atoms with Crippen molar-refractivity contribution in [3.05, 3.63) is 12.2 Å². The molecule has 2 unspecified atom stereocenters. The van der Waals surface area contributed by atoms with Crippen LogP contribution in [0.3, 0.4) is 0 Å². The van der Waals surface area contributed by atoms with E-state index in [2.05, 4.69) is 36.6 Å². The summed E-state index contributed by atoms with van der Waals surface area (Å²) in [5, 5.41) is 6.50. The summed E-state index contributed by atoms with van der Waals surface area (Å²) in [6, 6.07) is 0.688. The predicted molar refractivity (Wildman–Crippen MR) is 71.9 cm³/mol. The lowest BCUT2D eigenvalue weighted by molar-refractivity contribution is -0.123. The van der Waals surface area contributed by atoms with Crippen LogP contribution in [-0.2, 0) is 4.79 Å². The minimum Gasteiger partial charge on any atom is -0.352 e. The lowest BCUT2D eigenvalue weighted by atomic mass is 10.0. The van der Waals surface area contributed by atoms with E-state index in [1.54, 1.807) is 0 Å². The van der Waals surface area contributed by atoms with Crippen LogP contribution in [0.4, 0.5) is 0 Å². The second-order valence-corrected chi connectivity index (χ2v) is 4.89. The Bertz CT molecular complexity index is 259. The standard InChI is InChI=1S/C14H26N2O/c1-4-12(5-2)16-14(17)11(3)15-13-9-7-6-8-10-13/h6-7,11-13,15H,4-5,8-10H2,1-3H3,(H,16,17). The number of carbonyl (C=O) groups is 1. The number of nitrogens with one attached hydrogen (secondary N) is 2. The van der Waals surface area contributed by atoms with Gasteiger partial charge in [-0.3, -0.25) is 4.79 Å². The Kier molecular flexibility index (Phi) is 6.27. The first kappa shape index (κ1) is 14.2. The van der Waals surface area contributed by atoms with Gasteiger partial charge in [0.25, 0.3) is 0 Å². The summed E-state index contributed by atoms with van der Waals surface area (Å²) in [6.07, 6.45) is 9.72. The zero-order chi connectivity index (χ0) is 12.7. The average Bonchev–Trinajstić information content (AvgIpc) is 2.36. The molecule has 0 heterocycles. The highest BCUT2D eigenvalue weighted by molar-refractivity contribution is 5.81. The third-order valence-corrected chi connectivity index (χ3v) is 3.48. The van der Waals surface area contributed by atoms with E-state index in [1.165, 1.54) is 0 Å². The molecule has 0 aliphatic heterocycles. The molecule has 98 valence electrons. The molecule has 3 heteroatoms. The lowest BCUT2D eigenvalue weighted by Crippen LogP contribution is -2.49.